The molecule has 5 heteroatoms. The Balaban J connectivity index is 2.09. The molecule has 1 fully saturated rings. The van der Waals surface area contributed by atoms with E-state index in [0.29, 0.717) is 23.7 Å². The van der Waals surface area contributed by atoms with Gasteiger partial charge in [0.25, 0.3) is 0 Å². The fraction of sp³-hybridized carbons (Fsp3) is 0.520. The van der Waals surface area contributed by atoms with Crippen molar-refractivity contribution in [1.29, 1.82) is 0 Å². The zero-order valence-electron chi connectivity index (χ0n) is 19.9. The second-order valence-corrected chi connectivity index (χ2v) is 12.1. The van der Waals surface area contributed by atoms with Gasteiger partial charge in [0.05, 0.1) is 11.4 Å². The number of hydrogen-bond donors (Lipinski definition) is 1. The van der Waals surface area contributed by atoms with Crippen LogP contribution in [-0.2, 0) is 0 Å². The second-order valence-electron chi connectivity index (χ2n) is 9.55. The minimum absolute atomic E-state index is 0.503. The number of hydrogen-bond acceptors (Lipinski definition) is 3. The van der Waals surface area contributed by atoms with E-state index in [1.165, 1.54) is 33.6 Å². The summed E-state index contributed by atoms with van der Waals surface area (Å²) < 4.78 is 5.21. The van der Waals surface area contributed by atoms with Crippen LogP contribution >= 0.6 is 17.8 Å². The van der Waals surface area contributed by atoms with Gasteiger partial charge in [0.2, 0.25) is 0 Å². The average Bonchev–Trinajstić information content (AvgIpc) is 2.67. The van der Waals surface area contributed by atoms with Crippen LogP contribution in [0.25, 0.3) is 0 Å². The lowest BCUT2D eigenvalue weighted by Gasteiger charge is -2.54. The summed E-state index contributed by atoms with van der Waals surface area (Å²) in [6.07, 6.45) is 0. The van der Waals surface area contributed by atoms with Crippen LogP contribution in [0.1, 0.15) is 101 Å². The molecule has 30 heavy (non-hydrogen) atoms. The maximum atomic E-state index is 3.60. The largest absolute Gasteiger partial charge is 0.302 e. The average molecular weight is 444 g/mol. The predicted octanol–water partition coefficient (Wildman–Crippen LogP) is 8.07. The standard InChI is InChI=1S/C25H39N3P2/c1-16(2)20-11-9-12-21(17(3)4)24(20)27-15-28(30(27)26-29)25-22(18(5)6)13-10-14-23(25)19(7)8/h9-14,16-19,26H,15,29H2,1-8H3. The number of rotatable bonds is 7. The third-order valence-electron chi connectivity index (χ3n) is 6.04. The lowest BCUT2D eigenvalue weighted by atomic mass is 9.92. The Bertz CT molecular complexity index is 755. The number of para-hydroxylation sites is 2. The molecule has 1 heterocycles. The third-order valence-corrected chi connectivity index (χ3v) is 8.53. The van der Waals surface area contributed by atoms with Gasteiger partial charge in [-0.1, -0.05) is 101 Å². The molecule has 3 nitrogen and oxygen atoms in total. The number of nitrogens with one attached hydrogen (secondary N) is 1. The summed E-state index contributed by atoms with van der Waals surface area (Å²) in [7, 11) is 2.14. The van der Waals surface area contributed by atoms with E-state index >= 15 is 0 Å². The van der Waals surface area contributed by atoms with Crippen molar-refractivity contribution in [3.8, 4) is 0 Å². The first-order chi connectivity index (χ1) is 14.2. The molecule has 0 aliphatic carbocycles. The summed E-state index contributed by atoms with van der Waals surface area (Å²) in [5.74, 6) is 2.01. The SMILES string of the molecule is CC(C)c1cccc(C(C)C)c1N1CN(c2c(C(C)C)cccc2C(C)C)P1NP. The van der Waals surface area contributed by atoms with Crippen LogP contribution in [0.4, 0.5) is 11.4 Å². The minimum Gasteiger partial charge on any atom is -0.302 e. The number of anilines is 2. The Labute approximate surface area is 187 Å². The van der Waals surface area contributed by atoms with Crippen molar-refractivity contribution in [2.45, 2.75) is 79.1 Å². The van der Waals surface area contributed by atoms with Crippen LogP contribution in [0.15, 0.2) is 36.4 Å². The van der Waals surface area contributed by atoms with Crippen molar-refractivity contribution < 1.29 is 0 Å². The zero-order valence-corrected chi connectivity index (χ0v) is 21.9. The summed E-state index contributed by atoms with van der Waals surface area (Å²) in [4.78, 5) is 3.60. The molecule has 0 bridgehead atoms. The van der Waals surface area contributed by atoms with E-state index in [4.69, 9.17) is 0 Å². The molecule has 1 saturated heterocycles. The minimum atomic E-state index is -0.659. The van der Waals surface area contributed by atoms with E-state index in [-0.39, 0.29) is 0 Å². The van der Waals surface area contributed by atoms with Crippen LogP contribution in [0.5, 0.6) is 0 Å². The Kier molecular flexibility index (Phi) is 7.49. The normalized spacial score (nSPS) is 15.1. The maximum Gasteiger partial charge on any atom is 0.182 e. The van der Waals surface area contributed by atoms with Crippen LogP contribution in [-0.4, -0.2) is 6.67 Å². The van der Waals surface area contributed by atoms with Crippen molar-refractivity contribution in [1.82, 2.24) is 4.86 Å². The van der Waals surface area contributed by atoms with Crippen LogP contribution in [0, 0.1) is 0 Å². The molecule has 1 atom stereocenters. The molecule has 2 aromatic rings. The van der Waals surface area contributed by atoms with E-state index in [1.807, 2.05) is 0 Å². The Hall–Kier alpha value is -1.14. The van der Waals surface area contributed by atoms with Crippen molar-refractivity contribution in [3.63, 3.8) is 0 Å². The lowest BCUT2D eigenvalue weighted by molar-refractivity contribution is 0.792. The summed E-state index contributed by atoms with van der Waals surface area (Å²) >= 11 is 0. The molecule has 0 saturated carbocycles. The fourth-order valence-electron chi connectivity index (χ4n) is 4.40. The quantitative estimate of drug-likeness (QED) is 0.437. The molecule has 1 N–H and O–H groups in total. The Morgan fingerprint density at radius 3 is 1.20 bits per heavy atom. The van der Waals surface area contributed by atoms with Gasteiger partial charge in [-0.25, -0.2) is 4.86 Å². The summed E-state index contributed by atoms with van der Waals surface area (Å²) in [5, 5.41) is 0. The Morgan fingerprint density at radius 1 is 0.667 bits per heavy atom. The Morgan fingerprint density at radius 2 is 0.967 bits per heavy atom. The molecule has 1 unspecified atom stereocenters. The van der Waals surface area contributed by atoms with E-state index in [1.54, 1.807) is 0 Å². The van der Waals surface area contributed by atoms with E-state index in [0.717, 1.165) is 6.67 Å². The highest BCUT2D eigenvalue weighted by molar-refractivity contribution is 7.65. The first kappa shape index (κ1) is 23.5. The summed E-state index contributed by atoms with van der Waals surface area (Å²) in [6.45, 7) is 19.4. The van der Waals surface area contributed by atoms with Gasteiger partial charge in [0.15, 0.2) is 8.37 Å². The molecule has 1 aliphatic heterocycles. The van der Waals surface area contributed by atoms with Gasteiger partial charge < -0.3 is 9.34 Å². The van der Waals surface area contributed by atoms with Crippen LogP contribution in [0.3, 0.4) is 0 Å². The van der Waals surface area contributed by atoms with Gasteiger partial charge in [0.1, 0.15) is 6.67 Å². The van der Waals surface area contributed by atoms with Gasteiger partial charge in [-0.15, -0.1) is 0 Å². The van der Waals surface area contributed by atoms with Crippen molar-refractivity contribution >= 4 is 29.1 Å². The molecule has 2 aromatic carbocycles. The lowest BCUT2D eigenvalue weighted by Crippen LogP contribution is -2.50. The van der Waals surface area contributed by atoms with Gasteiger partial charge in [-0.2, -0.15) is 0 Å². The molecule has 1 aliphatic rings. The molecule has 0 spiro atoms. The van der Waals surface area contributed by atoms with Crippen molar-refractivity contribution in [3.05, 3.63) is 58.7 Å². The zero-order chi connectivity index (χ0) is 22.2. The molecule has 3 rings (SSSR count). The monoisotopic (exact) mass is 443 g/mol. The molecule has 0 aromatic heterocycles. The molecule has 0 amide bonds. The molecule has 0 radical (unpaired) electrons. The van der Waals surface area contributed by atoms with Gasteiger partial charge in [-0.3, -0.25) is 0 Å². The van der Waals surface area contributed by atoms with Crippen molar-refractivity contribution in [2.24, 2.45) is 0 Å². The van der Waals surface area contributed by atoms with E-state index < -0.39 is 8.37 Å². The van der Waals surface area contributed by atoms with Crippen LogP contribution < -0.4 is 14.2 Å². The molecular formula is C25H39N3P2. The van der Waals surface area contributed by atoms with Crippen molar-refractivity contribution in [2.75, 3.05) is 16.0 Å². The number of nitrogens with zero attached hydrogens (tertiary/aromatic N) is 2. The number of benzene rings is 2. The first-order valence-corrected chi connectivity index (χ1v) is 13.1. The summed E-state index contributed by atoms with van der Waals surface area (Å²) in [5.41, 5.74) is 8.69. The van der Waals surface area contributed by atoms with Gasteiger partial charge >= 0.3 is 0 Å². The highest BCUT2D eigenvalue weighted by Gasteiger charge is 2.41. The third kappa shape index (κ3) is 4.27. The van der Waals surface area contributed by atoms with E-state index in [9.17, 15) is 0 Å². The summed E-state index contributed by atoms with van der Waals surface area (Å²) in [6, 6.07) is 13.7. The first-order valence-electron chi connectivity index (χ1n) is 11.3. The highest BCUT2D eigenvalue weighted by atomic mass is 31.2. The highest BCUT2D eigenvalue weighted by Crippen LogP contribution is 2.59. The smallest absolute Gasteiger partial charge is 0.182 e. The van der Waals surface area contributed by atoms with Crippen LogP contribution in [0.2, 0.25) is 0 Å². The fourth-order valence-corrected chi connectivity index (χ4v) is 6.91. The van der Waals surface area contributed by atoms with E-state index in [2.05, 4.69) is 115 Å². The topological polar surface area (TPSA) is 18.5 Å². The molecule has 164 valence electrons. The second kappa shape index (κ2) is 9.56. The molecular weight excluding hydrogens is 404 g/mol. The van der Waals surface area contributed by atoms with Gasteiger partial charge in [-0.05, 0) is 45.9 Å². The predicted molar refractivity (Wildman–Crippen MR) is 139 cm³/mol. The maximum absolute atomic E-state index is 3.60. The van der Waals surface area contributed by atoms with Gasteiger partial charge in [0, 0.05) is 0 Å².